The maximum absolute atomic E-state index is 13.8. The Morgan fingerprint density at radius 3 is 2.13 bits per heavy atom. The zero-order valence-corrected chi connectivity index (χ0v) is 21.8. The van der Waals surface area contributed by atoms with Gasteiger partial charge in [-0.2, -0.15) is 13.2 Å². The first-order valence-electron chi connectivity index (χ1n) is 11.9. The molecule has 2 N–H and O–H groups in total. The number of aromatic nitrogens is 2. The molecule has 1 atom stereocenters. The van der Waals surface area contributed by atoms with E-state index in [9.17, 15) is 22.8 Å². The lowest BCUT2D eigenvalue weighted by Crippen LogP contribution is -2.38. The Balaban J connectivity index is 1.66. The molecule has 0 radical (unpaired) electrons. The number of halogens is 5. The van der Waals surface area contributed by atoms with Crippen LogP contribution in [0, 0.1) is 0 Å². The van der Waals surface area contributed by atoms with Crippen LogP contribution in [0.25, 0.3) is 22.3 Å². The highest BCUT2D eigenvalue weighted by atomic mass is 35.5. The predicted octanol–water partition coefficient (Wildman–Crippen LogP) is 7.43. The van der Waals surface area contributed by atoms with Gasteiger partial charge in [-0.25, -0.2) is 9.97 Å². The summed E-state index contributed by atoms with van der Waals surface area (Å²) in [6.07, 6.45) is -3.35. The number of rotatable bonds is 9. The molecule has 0 spiro atoms. The van der Waals surface area contributed by atoms with Crippen LogP contribution in [0.4, 0.5) is 13.2 Å². The van der Waals surface area contributed by atoms with Crippen LogP contribution in [0.5, 0.6) is 0 Å². The third kappa shape index (κ3) is 7.25. The Labute approximate surface area is 231 Å². The van der Waals surface area contributed by atoms with E-state index in [0.29, 0.717) is 46.7 Å². The van der Waals surface area contributed by atoms with Crippen LogP contribution in [0.15, 0.2) is 66.7 Å². The molecule has 6 nitrogen and oxygen atoms in total. The fraction of sp³-hybridized carbons (Fsp3) is 0.214. The molecule has 0 bridgehead atoms. The fourth-order valence-corrected chi connectivity index (χ4v) is 4.29. The molecule has 0 fully saturated rings. The summed E-state index contributed by atoms with van der Waals surface area (Å²) in [5, 5.41) is 11.8. The number of hydrogen-bond donors (Lipinski definition) is 2. The van der Waals surface area contributed by atoms with Crippen molar-refractivity contribution in [1.82, 2.24) is 15.3 Å². The van der Waals surface area contributed by atoms with Gasteiger partial charge in [0.2, 0.25) is 0 Å². The first kappa shape index (κ1) is 28.3. The molecule has 0 aliphatic carbocycles. The largest absolute Gasteiger partial charge is 0.481 e. The highest BCUT2D eigenvalue weighted by Gasteiger charge is 2.42. The van der Waals surface area contributed by atoms with Gasteiger partial charge in [0.1, 0.15) is 0 Å². The summed E-state index contributed by atoms with van der Waals surface area (Å²) in [4.78, 5) is 33.2. The molecule has 0 aliphatic rings. The maximum Gasteiger partial charge on any atom is 0.412 e. The highest BCUT2D eigenvalue weighted by Crippen LogP contribution is 2.34. The van der Waals surface area contributed by atoms with Crippen molar-refractivity contribution >= 4 is 46.1 Å². The molecule has 0 unspecified atom stereocenters. The molecule has 1 aromatic heterocycles. The molecule has 11 heteroatoms. The first-order chi connectivity index (χ1) is 18.5. The van der Waals surface area contributed by atoms with Crippen molar-refractivity contribution in [3.63, 3.8) is 0 Å². The number of unbranched alkanes of at least 4 members (excludes halogenated alkanes) is 1. The van der Waals surface area contributed by atoms with Crippen molar-refractivity contribution in [2.45, 2.75) is 37.9 Å². The number of aliphatic carboxylic acids is 1. The van der Waals surface area contributed by atoms with E-state index in [1.165, 1.54) is 42.5 Å². The van der Waals surface area contributed by atoms with Gasteiger partial charge in [0.15, 0.2) is 6.04 Å². The van der Waals surface area contributed by atoms with Gasteiger partial charge in [0, 0.05) is 27.6 Å². The highest BCUT2D eigenvalue weighted by molar-refractivity contribution is 6.30. The number of amides is 1. The van der Waals surface area contributed by atoms with E-state index >= 15 is 0 Å². The number of fused-ring (bicyclic) bond motifs is 1. The van der Waals surface area contributed by atoms with E-state index in [-0.39, 0.29) is 22.6 Å². The van der Waals surface area contributed by atoms with Crippen molar-refractivity contribution in [3.8, 4) is 11.3 Å². The predicted molar refractivity (Wildman–Crippen MR) is 143 cm³/mol. The second-order valence-electron chi connectivity index (χ2n) is 8.83. The first-order valence-corrected chi connectivity index (χ1v) is 12.7. The molecule has 39 heavy (non-hydrogen) atoms. The quantitative estimate of drug-likeness (QED) is 0.202. The Kier molecular flexibility index (Phi) is 8.72. The van der Waals surface area contributed by atoms with E-state index in [1.54, 1.807) is 24.3 Å². The molecule has 0 aliphatic heterocycles. The van der Waals surface area contributed by atoms with Crippen molar-refractivity contribution in [3.05, 3.63) is 93.6 Å². The summed E-state index contributed by atoms with van der Waals surface area (Å²) >= 11 is 11.8. The maximum atomic E-state index is 13.8. The molecule has 0 saturated heterocycles. The van der Waals surface area contributed by atoms with Gasteiger partial charge in [-0.15, -0.1) is 0 Å². The SMILES string of the molecule is O=C(O)CCCCc1nc2cc(C(=O)N[C@@H](c3ccc(Cl)cc3)C(F)(F)F)ccc2nc1-c1ccc(Cl)cc1. The van der Waals surface area contributed by atoms with E-state index in [0.717, 1.165) is 5.56 Å². The topological polar surface area (TPSA) is 92.2 Å². The number of nitrogens with zero attached hydrogens (tertiary/aromatic N) is 2. The molecule has 4 aromatic rings. The minimum atomic E-state index is -4.74. The molecular formula is C28H22Cl2F3N3O3. The Hall–Kier alpha value is -3.69. The number of carbonyl (C=O) groups excluding carboxylic acids is 1. The smallest absolute Gasteiger partial charge is 0.412 e. The van der Waals surface area contributed by atoms with E-state index in [2.05, 4.69) is 10.3 Å². The number of carboxylic acids is 1. The number of alkyl halides is 3. The number of aryl methyl sites for hydroxylation is 1. The van der Waals surface area contributed by atoms with Crippen LogP contribution >= 0.6 is 23.2 Å². The molecule has 1 heterocycles. The third-order valence-electron chi connectivity index (χ3n) is 5.98. The van der Waals surface area contributed by atoms with Crippen molar-refractivity contribution in [1.29, 1.82) is 0 Å². The zero-order chi connectivity index (χ0) is 28.2. The summed E-state index contributed by atoms with van der Waals surface area (Å²) in [5.41, 5.74) is 2.49. The summed E-state index contributed by atoms with van der Waals surface area (Å²) in [5.74, 6) is -1.83. The molecule has 0 saturated carbocycles. The number of hydrogen-bond acceptors (Lipinski definition) is 4. The van der Waals surface area contributed by atoms with Gasteiger partial charge in [0.25, 0.3) is 5.91 Å². The summed E-state index contributed by atoms with van der Waals surface area (Å²) in [6.45, 7) is 0. The number of nitrogens with one attached hydrogen (secondary N) is 1. The van der Waals surface area contributed by atoms with Crippen molar-refractivity contribution in [2.24, 2.45) is 0 Å². The van der Waals surface area contributed by atoms with E-state index in [4.69, 9.17) is 33.3 Å². The van der Waals surface area contributed by atoms with Gasteiger partial charge in [-0.05, 0) is 67.3 Å². The molecule has 1 amide bonds. The van der Waals surface area contributed by atoms with Gasteiger partial charge < -0.3 is 10.4 Å². The monoisotopic (exact) mass is 575 g/mol. The number of carbonyl (C=O) groups is 2. The average Bonchev–Trinajstić information content (AvgIpc) is 2.89. The van der Waals surface area contributed by atoms with Gasteiger partial charge in [-0.3, -0.25) is 9.59 Å². The van der Waals surface area contributed by atoms with Crippen molar-refractivity contribution < 1.29 is 27.9 Å². The van der Waals surface area contributed by atoms with E-state index in [1.807, 2.05) is 0 Å². The Bertz CT molecular complexity index is 1490. The lowest BCUT2D eigenvalue weighted by atomic mass is 10.0. The Morgan fingerprint density at radius 1 is 0.872 bits per heavy atom. The molecular weight excluding hydrogens is 554 g/mol. The average molecular weight is 576 g/mol. The normalized spacial score (nSPS) is 12.3. The van der Waals surface area contributed by atoms with Crippen molar-refractivity contribution in [2.75, 3.05) is 0 Å². The lowest BCUT2D eigenvalue weighted by molar-refractivity contribution is -0.155. The van der Waals surface area contributed by atoms with Gasteiger partial charge in [0.05, 0.1) is 22.4 Å². The van der Waals surface area contributed by atoms with Crippen LogP contribution in [-0.2, 0) is 11.2 Å². The second kappa shape index (κ2) is 12.0. The number of benzene rings is 3. The molecule has 3 aromatic carbocycles. The standard InChI is InChI=1S/C28H22Cl2F3N3O3/c29-19-10-5-16(6-11-19)25-22(3-1-2-4-24(37)38)34-23-15-18(9-14-21(23)35-25)27(39)36-26(28(31,32)33)17-7-12-20(30)13-8-17/h5-15,26H,1-4H2,(H,36,39)(H,37,38)/t26-/m0/s1. The second-order valence-corrected chi connectivity index (χ2v) is 9.70. The summed E-state index contributed by atoms with van der Waals surface area (Å²) < 4.78 is 41.4. The minimum absolute atomic E-state index is 0.00952. The zero-order valence-electron chi connectivity index (χ0n) is 20.3. The van der Waals surface area contributed by atoms with E-state index < -0.39 is 24.1 Å². The van der Waals surface area contributed by atoms with Gasteiger partial charge >= 0.3 is 12.1 Å². The number of carboxylic acid groups (broad SMARTS) is 1. The van der Waals surface area contributed by atoms with Crippen LogP contribution < -0.4 is 5.32 Å². The lowest BCUT2D eigenvalue weighted by Gasteiger charge is -2.22. The van der Waals surface area contributed by atoms with Gasteiger partial charge in [-0.1, -0.05) is 47.5 Å². The minimum Gasteiger partial charge on any atom is -0.481 e. The summed E-state index contributed by atoms with van der Waals surface area (Å²) in [6, 6.07) is 14.1. The van der Waals surface area contributed by atoms with Crippen LogP contribution in [-0.4, -0.2) is 33.1 Å². The van der Waals surface area contributed by atoms with Crippen LogP contribution in [0.3, 0.4) is 0 Å². The van der Waals surface area contributed by atoms with Crippen LogP contribution in [0.2, 0.25) is 10.0 Å². The molecule has 202 valence electrons. The Morgan fingerprint density at radius 2 is 1.51 bits per heavy atom. The summed E-state index contributed by atoms with van der Waals surface area (Å²) in [7, 11) is 0. The van der Waals surface area contributed by atoms with Crippen LogP contribution in [0.1, 0.15) is 46.9 Å². The third-order valence-corrected chi connectivity index (χ3v) is 6.48. The molecule has 4 rings (SSSR count). The fourth-order valence-electron chi connectivity index (χ4n) is 4.04.